The third-order valence-corrected chi connectivity index (χ3v) is 6.47. The second kappa shape index (κ2) is 8.57. The Hall–Kier alpha value is -3.00. The van der Waals surface area contributed by atoms with Crippen LogP contribution in [-0.2, 0) is 16.6 Å². The van der Waals surface area contributed by atoms with E-state index in [1.54, 1.807) is 49.6 Å². The van der Waals surface area contributed by atoms with Crippen LogP contribution >= 0.6 is 0 Å². The molecular weight excluding hydrogens is 392 g/mol. The Morgan fingerprint density at radius 1 is 0.966 bits per heavy atom. The molecule has 1 heterocycles. The van der Waals surface area contributed by atoms with E-state index in [2.05, 4.69) is 0 Å². The highest BCUT2D eigenvalue weighted by atomic mass is 32.2. The number of sulfonamides is 1. The van der Waals surface area contributed by atoms with Crippen LogP contribution in [0.1, 0.15) is 11.1 Å². The monoisotopic (exact) mass is 416 g/mol. The van der Waals surface area contributed by atoms with Crippen LogP contribution in [0.3, 0.4) is 0 Å². The maximum atomic E-state index is 13.1. The van der Waals surface area contributed by atoms with Gasteiger partial charge in [0, 0.05) is 18.2 Å². The molecule has 0 aliphatic carbocycles. The molecule has 0 unspecified atom stereocenters. The minimum absolute atomic E-state index is 0.00864. The molecule has 0 atom stereocenters. The van der Waals surface area contributed by atoms with Gasteiger partial charge in [0.15, 0.2) is 0 Å². The number of benzene rings is 2. The highest BCUT2D eigenvalue weighted by Crippen LogP contribution is 2.27. The van der Waals surface area contributed by atoms with E-state index in [0.29, 0.717) is 18.0 Å². The van der Waals surface area contributed by atoms with E-state index in [9.17, 15) is 13.2 Å². The number of carbonyl (C=O) groups excluding carboxylic acids is 1. The molecule has 0 aromatic heterocycles. The normalized spacial score (nSPS) is 14.7. The summed E-state index contributed by atoms with van der Waals surface area (Å²) in [6.07, 6.45) is 3.48. The molecule has 8 heteroatoms. The highest BCUT2D eigenvalue weighted by Gasteiger charge is 2.33. The van der Waals surface area contributed by atoms with Crippen molar-refractivity contribution < 1.29 is 22.7 Å². The van der Waals surface area contributed by atoms with Gasteiger partial charge in [0.25, 0.3) is 10.0 Å². The summed E-state index contributed by atoms with van der Waals surface area (Å²) in [5, 5.41) is 0. The van der Waals surface area contributed by atoms with Crippen LogP contribution in [0.2, 0.25) is 0 Å². The summed E-state index contributed by atoms with van der Waals surface area (Å²) < 4.78 is 37.6. The summed E-state index contributed by atoms with van der Waals surface area (Å²) in [4.78, 5) is 14.7. The fourth-order valence-corrected chi connectivity index (χ4v) is 4.38. The lowest BCUT2D eigenvalue weighted by molar-refractivity contribution is 0.184. The predicted molar refractivity (Wildman–Crippen MR) is 110 cm³/mol. The fraction of sp³-hybridized carbons (Fsp3) is 0.286. The van der Waals surface area contributed by atoms with Gasteiger partial charge in [0.1, 0.15) is 11.5 Å². The van der Waals surface area contributed by atoms with Crippen molar-refractivity contribution in [1.82, 2.24) is 9.21 Å². The van der Waals surface area contributed by atoms with Gasteiger partial charge in [-0.25, -0.2) is 17.5 Å². The number of hydrogen-bond donors (Lipinski definition) is 0. The Balaban J connectivity index is 1.89. The molecule has 0 fully saturated rings. The van der Waals surface area contributed by atoms with Crippen molar-refractivity contribution in [1.29, 1.82) is 0 Å². The molecule has 0 N–H and O–H groups in total. The average molecular weight is 416 g/mol. The number of ether oxygens (including phenoxy) is 2. The summed E-state index contributed by atoms with van der Waals surface area (Å²) in [7, 11) is -0.864. The number of urea groups is 1. The van der Waals surface area contributed by atoms with Crippen molar-refractivity contribution in [2.24, 2.45) is 0 Å². The highest BCUT2D eigenvalue weighted by molar-refractivity contribution is 7.89. The minimum atomic E-state index is -3.96. The molecule has 154 valence electrons. The third kappa shape index (κ3) is 4.37. The van der Waals surface area contributed by atoms with Gasteiger partial charge >= 0.3 is 6.03 Å². The lowest BCUT2D eigenvalue weighted by Crippen LogP contribution is -2.44. The maximum absolute atomic E-state index is 13.1. The molecule has 3 rings (SSSR count). The molecular formula is C21H24N2O5S. The van der Waals surface area contributed by atoms with Gasteiger partial charge in [0.05, 0.1) is 32.2 Å². The standard InChI is InChI=1S/C21H24N2O5S/c1-16-6-10-19(11-7-16)29(25,26)23-13-5-4-12-22(21(23)24)15-17-8-9-18(27-2)14-20(17)28-3/h4-11,14H,12-13,15H2,1-3H3. The lowest BCUT2D eigenvalue weighted by Gasteiger charge is -2.27. The molecule has 0 radical (unpaired) electrons. The van der Waals surface area contributed by atoms with Crippen molar-refractivity contribution >= 4 is 16.1 Å². The molecule has 2 aromatic carbocycles. The van der Waals surface area contributed by atoms with Gasteiger partial charge in [-0.2, -0.15) is 0 Å². The van der Waals surface area contributed by atoms with Gasteiger partial charge < -0.3 is 14.4 Å². The SMILES string of the molecule is COc1ccc(CN2CC=CCN(S(=O)(=O)c3ccc(C)cc3)C2=O)c(OC)c1. The Kier molecular flexibility index (Phi) is 6.12. The molecule has 0 spiro atoms. The molecule has 0 bridgehead atoms. The zero-order chi connectivity index (χ0) is 21.0. The molecule has 2 amide bonds. The molecule has 0 saturated carbocycles. The first-order chi connectivity index (χ1) is 13.9. The lowest BCUT2D eigenvalue weighted by atomic mass is 10.1. The largest absolute Gasteiger partial charge is 0.497 e. The molecule has 0 saturated heterocycles. The number of hydrogen-bond acceptors (Lipinski definition) is 5. The summed E-state index contributed by atoms with van der Waals surface area (Å²) in [5.74, 6) is 1.20. The molecule has 7 nitrogen and oxygen atoms in total. The molecule has 2 aromatic rings. The summed E-state index contributed by atoms with van der Waals surface area (Å²) >= 11 is 0. The van der Waals surface area contributed by atoms with Crippen LogP contribution < -0.4 is 9.47 Å². The van der Waals surface area contributed by atoms with Crippen LogP contribution in [-0.4, -0.2) is 51.0 Å². The Labute approximate surface area is 171 Å². The van der Waals surface area contributed by atoms with E-state index in [4.69, 9.17) is 9.47 Å². The fourth-order valence-electron chi connectivity index (χ4n) is 3.04. The Morgan fingerprint density at radius 2 is 1.66 bits per heavy atom. The van der Waals surface area contributed by atoms with E-state index in [1.807, 2.05) is 6.92 Å². The average Bonchev–Trinajstić information content (AvgIpc) is 2.90. The van der Waals surface area contributed by atoms with E-state index in [-0.39, 0.29) is 18.0 Å². The van der Waals surface area contributed by atoms with E-state index < -0.39 is 16.1 Å². The van der Waals surface area contributed by atoms with Crippen LogP contribution in [0, 0.1) is 6.92 Å². The smallest absolute Gasteiger partial charge is 0.334 e. The third-order valence-electron chi connectivity index (χ3n) is 4.71. The van der Waals surface area contributed by atoms with Crippen molar-refractivity contribution in [3.8, 4) is 11.5 Å². The van der Waals surface area contributed by atoms with Crippen molar-refractivity contribution in [2.75, 3.05) is 27.3 Å². The molecule has 1 aliphatic heterocycles. The number of methoxy groups -OCH3 is 2. The predicted octanol–water partition coefficient (Wildman–Crippen LogP) is 3.19. The topological polar surface area (TPSA) is 76.2 Å². The van der Waals surface area contributed by atoms with Crippen LogP contribution in [0.5, 0.6) is 11.5 Å². The van der Waals surface area contributed by atoms with Crippen molar-refractivity contribution in [3.63, 3.8) is 0 Å². The number of amides is 2. The van der Waals surface area contributed by atoms with E-state index in [1.165, 1.54) is 24.1 Å². The summed E-state index contributed by atoms with van der Waals surface area (Å²) in [6.45, 7) is 2.37. The zero-order valence-corrected chi connectivity index (χ0v) is 17.5. The van der Waals surface area contributed by atoms with Gasteiger partial charge in [-0.3, -0.25) is 0 Å². The van der Waals surface area contributed by atoms with Gasteiger partial charge in [-0.05, 0) is 31.2 Å². The van der Waals surface area contributed by atoms with Crippen LogP contribution in [0.25, 0.3) is 0 Å². The number of nitrogens with zero attached hydrogens (tertiary/aromatic N) is 2. The van der Waals surface area contributed by atoms with Crippen LogP contribution in [0.15, 0.2) is 59.5 Å². The van der Waals surface area contributed by atoms with E-state index >= 15 is 0 Å². The minimum Gasteiger partial charge on any atom is -0.497 e. The second-order valence-corrected chi connectivity index (χ2v) is 8.52. The Bertz CT molecular complexity index is 1020. The maximum Gasteiger partial charge on any atom is 0.334 e. The second-order valence-electron chi connectivity index (χ2n) is 6.66. The van der Waals surface area contributed by atoms with E-state index in [0.717, 1.165) is 15.4 Å². The Morgan fingerprint density at radius 3 is 2.31 bits per heavy atom. The molecule has 29 heavy (non-hydrogen) atoms. The van der Waals surface area contributed by atoms with Crippen molar-refractivity contribution in [3.05, 3.63) is 65.7 Å². The molecule has 1 aliphatic rings. The zero-order valence-electron chi connectivity index (χ0n) is 16.7. The number of aryl methyl sites for hydroxylation is 1. The summed E-state index contributed by atoms with van der Waals surface area (Å²) in [6, 6.07) is 11.2. The first kappa shape index (κ1) is 20.7. The van der Waals surface area contributed by atoms with Gasteiger partial charge in [-0.15, -0.1) is 0 Å². The van der Waals surface area contributed by atoms with Crippen LogP contribution in [0.4, 0.5) is 4.79 Å². The first-order valence-corrected chi connectivity index (χ1v) is 10.5. The van der Waals surface area contributed by atoms with Crippen molar-refractivity contribution in [2.45, 2.75) is 18.4 Å². The first-order valence-electron chi connectivity index (χ1n) is 9.11. The number of carbonyl (C=O) groups is 1. The summed E-state index contributed by atoms with van der Waals surface area (Å²) in [5.41, 5.74) is 1.70. The quantitative estimate of drug-likeness (QED) is 0.676. The number of rotatable bonds is 6. The van der Waals surface area contributed by atoms with Gasteiger partial charge in [0.2, 0.25) is 0 Å². The van der Waals surface area contributed by atoms with Gasteiger partial charge in [-0.1, -0.05) is 29.8 Å².